The number of nitrogens with one attached hydrogen (secondary N) is 2. The van der Waals surface area contributed by atoms with Crippen LogP contribution in [-0.2, 0) is 12.7 Å². The van der Waals surface area contributed by atoms with Crippen molar-refractivity contribution >= 4 is 34.9 Å². The summed E-state index contributed by atoms with van der Waals surface area (Å²) in [5.74, 6) is 0. The minimum atomic E-state index is -4.42. The number of carbonyl (C=O) groups excluding carboxylic acids is 1. The van der Waals surface area contributed by atoms with Crippen LogP contribution in [0.25, 0.3) is 0 Å². The van der Waals surface area contributed by atoms with E-state index in [0.717, 1.165) is 12.1 Å². The Kier molecular flexibility index (Phi) is 5.38. The summed E-state index contributed by atoms with van der Waals surface area (Å²) in [6.45, 7) is -0.0616. The summed E-state index contributed by atoms with van der Waals surface area (Å²) in [4.78, 5) is 11.8. The maximum absolute atomic E-state index is 12.6. The lowest BCUT2D eigenvalue weighted by atomic mass is 10.1. The molecule has 2 rings (SSSR count). The van der Waals surface area contributed by atoms with Crippen molar-refractivity contribution in [3.8, 4) is 0 Å². The van der Waals surface area contributed by atoms with Crippen molar-refractivity contribution in [2.45, 2.75) is 12.7 Å². The molecule has 0 aromatic heterocycles. The van der Waals surface area contributed by atoms with Crippen LogP contribution >= 0.6 is 23.2 Å². The van der Waals surface area contributed by atoms with Gasteiger partial charge in [-0.1, -0.05) is 41.4 Å². The third-order valence-corrected chi connectivity index (χ3v) is 3.73. The number of carbonyl (C=O) groups is 1. The minimum Gasteiger partial charge on any atom is -0.334 e. The van der Waals surface area contributed by atoms with Gasteiger partial charge in [-0.3, -0.25) is 0 Å². The average Bonchev–Trinajstić information content (AvgIpc) is 2.49. The first-order valence-corrected chi connectivity index (χ1v) is 7.18. The summed E-state index contributed by atoms with van der Waals surface area (Å²) in [5.41, 5.74) is -0.136. The highest BCUT2D eigenvalue weighted by molar-refractivity contribution is 6.43. The summed E-state index contributed by atoms with van der Waals surface area (Å²) in [6, 6.07) is 8.84. The number of amides is 2. The van der Waals surface area contributed by atoms with E-state index in [1.165, 1.54) is 12.1 Å². The van der Waals surface area contributed by atoms with E-state index in [2.05, 4.69) is 10.6 Å². The molecule has 0 saturated heterocycles. The number of benzene rings is 2. The van der Waals surface area contributed by atoms with E-state index in [9.17, 15) is 18.0 Å². The topological polar surface area (TPSA) is 41.1 Å². The summed E-state index contributed by atoms with van der Waals surface area (Å²) in [5, 5.41) is 5.39. The number of hydrogen-bond donors (Lipinski definition) is 2. The molecule has 2 aromatic rings. The van der Waals surface area contributed by atoms with Crippen molar-refractivity contribution in [1.82, 2.24) is 5.32 Å². The van der Waals surface area contributed by atoms with Crippen molar-refractivity contribution in [1.29, 1.82) is 0 Å². The molecule has 122 valence electrons. The Morgan fingerprint density at radius 2 is 1.78 bits per heavy atom. The Balaban J connectivity index is 1.98. The number of urea groups is 1. The van der Waals surface area contributed by atoms with Gasteiger partial charge in [0.05, 0.1) is 21.3 Å². The Bertz CT molecular complexity index is 720. The predicted molar refractivity (Wildman–Crippen MR) is 83.8 cm³/mol. The first-order chi connectivity index (χ1) is 10.8. The monoisotopic (exact) mass is 362 g/mol. The van der Waals surface area contributed by atoms with E-state index in [1.807, 2.05) is 0 Å². The van der Waals surface area contributed by atoms with Gasteiger partial charge in [-0.2, -0.15) is 13.2 Å². The second-order valence-electron chi connectivity index (χ2n) is 4.61. The Hall–Kier alpha value is -1.92. The molecule has 2 amide bonds. The van der Waals surface area contributed by atoms with Gasteiger partial charge in [0.15, 0.2) is 0 Å². The van der Waals surface area contributed by atoms with E-state index in [4.69, 9.17) is 23.2 Å². The number of anilines is 1. The highest BCUT2D eigenvalue weighted by Crippen LogP contribution is 2.30. The molecular formula is C15H11Cl2F3N2O. The molecular weight excluding hydrogens is 352 g/mol. The van der Waals surface area contributed by atoms with Crippen LogP contribution in [0.1, 0.15) is 11.1 Å². The molecule has 8 heteroatoms. The van der Waals surface area contributed by atoms with E-state index in [0.29, 0.717) is 11.3 Å². The molecule has 0 aliphatic heterocycles. The summed E-state index contributed by atoms with van der Waals surface area (Å²) >= 11 is 11.7. The van der Waals surface area contributed by atoms with Crippen molar-refractivity contribution in [3.05, 3.63) is 63.6 Å². The van der Waals surface area contributed by atoms with E-state index in [-0.39, 0.29) is 16.6 Å². The molecule has 0 atom stereocenters. The van der Waals surface area contributed by atoms with Gasteiger partial charge in [-0.25, -0.2) is 4.79 Å². The van der Waals surface area contributed by atoms with Crippen LogP contribution in [-0.4, -0.2) is 6.03 Å². The van der Waals surface area contributed by atoms with Gasteiger partial charge in [0.25, 0.3) is 0 Å². The maximum Gasteiger partial charge on any atom is 0.416 e. The number of halogens is 5. The standard InChI is InChI=1S/C15H11Cl2F3N2O/c16-11-5-2-6-12(13(11)17)22-14(23)21-8-9-3-1-4-10(7-9)15(18,19)20/h1-7H,8H2,(H2,21,22,23). The summed E-state index contributed by atoms with van der Waals surface area (Å²) in [6.07, 6.45) is -4.42. The van der Waals surface area contributed by atoms with Crippen LogP contribution in [0.3, 0.4) is 0 Å². The third kappa shape index (κ3) is 4.77. The lowest BCUT2D eigenvalue weighted by molar-refractivity contribution is -0.137. The first kappa shape index (κ1) is 17.4. The van der Waals surface area contributed by atoms with Crippen molar-refractivity contribution < 1.29 is 18.0 Å². The van der Waals surface area contributed by atoms with Crippen LogP contribution in [0.15, 0.2) is 42.5 Å². The van der Waals surface area contributed by atoms with E-state index >= 15 is 0 Å². The Labute approximate surface area is 140 Å². The molecule has 0 heterocycles. The lowest BCUT2D eigenvalue weighted by Crippen LogP contribution is -2.28. The fraction of sp³-hybridized carbons (Fsp3) is 0.133. The SMILES string of the molecule is O=C(NCc1cccc(C(F)(F)F)c1)Nc1cccc(Cl)c1Cl. The molecule has 0 unspecified atom stereocenters. The highest BCUT2D eigenvalue weighted by Gasteiger charge is 2.30. The zero-order chi connectivity index (χ0) is 17.0. The van der Waals surface area contributed by atoms with Crippen LogP contribution in [0, 0.1) is 0 Å². The fourth-order valence-corrected chi connectivity index (χ4v) is 2.15. The quantitative estimate of drug-likeness (QED) is 0.760. The normalized spacial score (nSPS) is 11.2. The molecule has 0 aliphatic carbocycles. The van der Waals surface area contributed by atoms with Gasteiger partial charge in [-0.05, 0) is 29.8 Å². The zero-order valence-electron chi connectivity index (χ0n) is 11.5. The molecule has 2 aromatic carbocycles. The average molecular weight is 363 g/mol. The second-order valence-corrected chi connectivity index (χ2v) is 5.39. The van der Waals surface area contributed by atoms with Crippen molar-refractivity contribution in [2.24, 2.45) is 0 Å². The summed E-state index contributed by atoms with van der Waals surface area (Å²) < 4.78 is 37.8. The molecule has 0 saturated carbocycles. The Morgan fingerprint density at radius 1 is 1.09 bits per heavy atom. The molecule has 23 heavy (non-hydrogen) atoms. The van der Waals surface area contributed by atoms with Crippen LogP contribution < -0.4 is 10.6 Å². The largest absolute Gasteiger partial charge is 0.416 e. The Morgan fingerprint density at radius 3 is 2.48 bits per heavy atom. The first-order valence-electron chi connectivity index (χ1n) is 6.42. The van der Waals surface area contributed by atoms with Crippen molar-refractivity contribution in [3.63, 3.8) is 0 Å². The predicted octanol–water partition coefficient (Wildman–Crippen LogP) is 5.33. The molecule has 3 nitrogen and oxygen atoms in total. The zero-order valence-corrected chi connectivity index (χ0v) is 13.1. The van der Waals surface area contributed by atoms with E-state index < -0.39 is 17.8 Å². The number of alkyl halides is 3. The minimum absolute atomic E-state index is 0.0616. The number of hydrogen-bond acceptors (Lipinski definition) is 1. The molecule has 0 radical (unpaired) electrons. The molecule has 0 aliphatic rings. The van der Waals surface area contributed by atoms with Gasteiger partial charge in [0.2, 0.25) is 0 Å². The maximum atomic E-state index is 12.6. The van der Waals surface area contributed by atoms with E-state index in [1.54, 1.807) is 18.2 Å². The molecule has 0 fully saturated rings. The van der Waals surface area contributed by atoms with Gasteiger partial charge < -0.3 is 10.6 Å². The number of rotatable bonds is 3. The molecule has 2 N–H and O–H groups in total. The highest BCUT2D eigenvalue weighted by atomic mass is 35.5. The lowest BCUT2D eigenvalue weighted by Gasteiger charge is -2.11. The second kappa shape index (κ2) is 7.10. The van der Waals surface area contributed by atoms with Gasteiger partial charge in [0.1, 0.15) is 0 Å². The van der Waals surface area contributed by atoms with Crippen LogP contribution in [0.5, 0.6) is 0 Å². The third-order valence-electron chi connectivity index (χ3n) is 2.91. The van der Waals surface area contributed by atoms with Crippen LogP contribution in [0.4, 0.5) is 23.7 Å². The van der Waals surface area contributed by atoms with Gasteiger partial charge >= 0.3 is 12.2 Å². The molecule has 0 bridgehead atoms. The van der Waals surface area contributed by atoms with Gasteiger partial charge in [-0.15, -0.1) is 0 Å². The molecule has 0 spiro atoms. The fourth-order valence-electron chi connectivity index (χ4n) is 1.81. The summed E-state index contributed by atoms with van der Waals surface area (Å²) in [7, 11) is 0. The van der Waals surface area contributed by atoms with Crippen molar-refractivity contribution in [2.75, 3.05) is 5.32 Å². The van der Waals surface area contributed by atoms with Crippen LogP contribution in [0.2, 0.25) is 10.0 Å². The van der Waals surface area contributed by atoms with Gasteiger partial charge in [0, 0.05) is 6.54 Å². The smallest absolute Gasteiger partial charge is 0.334 e.